The Kier molecular flexibility index (Phi) is 2.87. The van der Waals surface area contributed by atoms with Gasteiger partial charge in [0.2, 0.25) is 5.82 Å². The summed E-state index contributed by atoms with van der Waals surface area (Å²) in [4.78, 5) is 14.6. The molecule has 0 aliphatic heterocycles. The number of hydrogen-bond acceptors (Lipinski definition) is 5. The maximum absolute atomic E-state index is 10.9. The van der Waals surface area contributed by atoms with Crippen molar-refractivity contribution in [3.05, 3.63) is 22.2 Å². The number of nitrogens with one attached hydrogen (secondary N) is 2. The van der Waals surface area contributed by atoms with E-state index in [1.807, 2.05) is 0 Å². The lowest BCUT2D eigenvalue weighted by atomic mass is 10.1. The first-order chi connectivity index (χ1) is 8.04. The van der Waals surface area contributed by atoms with Crippen LogP contribution in [0.4, 0.5) is 17.3 Å². The van der Waals surface area contributed by atoms with Crippen molar-refractivity contribution in [1.82, 2.24) is 4.98 Å². The molecular formula is C11H16N4O2. The third-order valence-corrected chi connectivity index (χ3v) is 3.11. The predicted octanol–water partition coefficient (Wildman–Crippen LogP) is 2.24. The van der Waals surface area contributed by atoms with Crippen molar-refractivity contribution in [3.63, 3.8) is 0 Å². The van der Waals surface area contributed by atoms with Gasteiger partial charge in [0.1, 0.15) is 5.82 Å². The molecule has 1 aliphatic carbocycles. The molecule has 2 N–H and O–H groups in total. The van der Waals surface area contributed by atoms with Crippen LogP contribution < -0.4 is 10.6 Å². The summed E-state index contributed by atoms with van der Waals surface area (Å²) in [5.74, 6) is 0.967. The van der Waals surface area contributed by atoms with Crippen molar-refractivity contribution in [3.8, 4) is 0 Å². The van der Waals surface area contributed by atoms with Crippen LogP contribution >= 0.6 is 0 Å². The van der Waals surface area contributed by atoms with Crippen LogP contribution in [0.5, 0.6) is 0 Å². The zero-order valence-corrected chi connectivity index (χ0v) is 9.99. The lowest BCUT2D eigenvalue weighted by Crippen LogP contribution is -2.14. The molecular weight excluding hydrogens is 220 g/mol. The van der Waals surface area contributed by atoms with Crippen LogP contribution in [0.25, 0.3) is 0 Å². The van der Waals surface area contributed by atoms with Gasteiger partial charge in [-0.1, -0.05) is 6.92 Å². The molecule has 1 aromatic heterocycles. The van der Waals surface area contributed by atoms with Gasteiger partial charge in [0.05, 0.1) is 4.92 Å². The number of hydrogen-bond donors (Lipinski definition) is 2. The Labute approximate surface area is 99.6 Å². The highest BCUT2D eigenvalue weighted by Gasteiger charge is 2.37. The summed E-state index contributed by atoms with van der Waals surface area (Å²) in [6.07, 6.45) is 2.33. The minimum Gasteiger partial charge on any atom is -0.373 e. The van der Waals surface area contributed by atoms with Gasteiger partial charge in [-0.2, -0.15) is 0 Å². The fraction of sp³-hybridized carbons (Fsp3) is 0.545. The van der Waals surface area contributed by atoms with Crippen molar-refractivity contribution >= 4 is 17.3 Å². The van der Waals surface area contributed by atoms with Gasteiger partial charge in [-0.15, -0.1) is 0 Å². The molecule has 6 nitrogen and oxygen atoms in total. The standard InChI is InChI=1S/C11H16N4O2/c1-11(5-6-11)7-13-10-8(15(16)17)3-4-9(12-2)14-10/h3-4H,5-7H2,1-2H3,(H2,12,13,14). The molecule has 1 aliphatic rings. The Hall–Kier alpha value is -1.85. The van der Waals surface area contributed by atoms with Crippen LogP contribution in [0.3, 0.4) is 0 Å². The van der Waals surface area contributed by atoms with E-state index in [9.17, 15) is 10.1 Å². The van der Waals surface area contributed by atoms with Crippen LogP contribution in [0.1, 0.15) is 19.8 Å². The number of nitro groups is 1. The molecule has 0 unspecified atom stereocenters. The van der Waals surface area contributed by atoms with E-state index in [2.05, 4.69) is 22.5 Å². The molecule has 6 heteroatoms. The van der Waals surface area contributed by atoms with E-state index >= 15 is 0 Å². The van der Waals surface area contributed by atoms with Gasteiger partial charge >= 0.3 is 5.69 Å². The Morgan fingerprint density at radius 2 is 2.24 bits per heavy atom. The highest BCUT2D eigenvalue weighted by atomic mass is 16.6. The zero-order valence-electron chi connectivity index (χ0n) is 9.99. The average Bonchev–Trinajstić information content (AvgIpc) is 3.04. The molecule has 0 spiro atoms. The second kappa shape index (κ2) is 4.20. The van der Waals surface area contributed by atoms with Gasteiger partial charge in [0.25, 0.3) is 0 Å². The fourth-order valence-corrected chi connectivity index (χ4v) is 1.56. The maximum atomic E-state index is 10.9. The smallest absolute Gasteiger partial charge is 0.311 e. The SMILES string of the molecule is CNc1ccc([N+](=O)[O-])c(NCC2(C)CC2)n1. The number of anilines is 2. The highest BCUT2D eigenvalue weighted by Crippen LogP contribution is 2.45. The second-order valence-corrected chi connectivity index (χ2v) is 4.74. The molecule has 1 saturated carbocycles. The predicted molar refractivity (Wildman–Crippen MR) is 66.3 cm³/mol. The van der Waals surface area contributed by atoms with Crippen molar-refractivity contribution in [1.29, 1.82) is 0 Å². The van der Waals surface area contributed by atoms with Crippen molar-refractivity contribution in [2.75, 3.05) is 24.2 Å². The summed E-state index contributed by atoms with van der Waals surface area (Å²) in [5, 5.41) is 16.8. The molecule has 1 fully saturated rings. The quantitative estimate of drug-likeness (QED) is 0.605. The number of pyridine rings is 1. The molecule has 0 bridgehead atoms. The lowest BCUT2D eigenvalue weighted by molar-refractivity contribution is -0.384. The molecule has 0 atom stereocenters. The van der Waals surface area contributed by atoms with Gasteiger partial charge in [0.15, 0.2) is 0 Å². The topological polar surface area (TPSA) is 80.1 Å². The number of aromatic nitrogens is 1. The van der Waals surface area contributed by atoms with Gasteiger partial charge < -0.3 is 10.6 Å². The summed E-state index contributed by atoms with van der Waals surface area (Å²) in [6.45, 7) is 2.89. The van der Waals surface area contributed by atoms with Gasteiger partial charge in [-0.05, 0) is 24.3 Å². The molecule has 0 radical (unpaired) electrons. The Bertz CT molecular complexity index is 443. The van der Waals surface area contributed by atoms with Crippen LogP contribution in [0, 0.1) is 15.5 Å². The largest absolute Gasteiger partial charge is 0.373 e. The van der Waals surface area contributed by atoms with Crippen LogP contribution in [0.2, 0.25) is 0 Å². The molecule has 0 amide bonds. The van der Waals surface area contributed by atoms with Crippen molar-refractivity contribution in [2.45, 2.75) is 19.8 Å². The first-order valence-corrected chi connectivity index (χ1v) is 5.61. The first-order valence-electron chi connectivity index (χ1n) is 5.61. The summed E-state index contributed by atoms with van der Waals surface area (Å²) in [5.41, 5.74) is 0.304. The van der Waals surface area contributed by atoms with E-state index in [0.29, 0.717) is 11.6 Å². The third-order valence-electron chi connectivity index (χ3n) is 3.11. The normalized spacial score (nSPS) is 16.4. The first kappa shape index (κ1) is 11.6. The van der Waals surface area contributed by atoms with E-state index in [0.717, 1.165) is 6.54 Å². The molecule has 1 aromatic rings. The summed E-state index contributed by atoms with van der Waals surface area (Å²) in [6, 6.07) is 3.07. The monoisotopic (exact) mass is 236 g/mol. The summed E-state index contributed by atoms with van der Waals surface area (Å²) >= 11 is 0. The van der Waals surface area contributed by atoms with E-state index in [4.69, 9.17) is 0 Å². The fourth-order valence-electron chi connectivity index (χ4n) is 1.56. The molecule has 0 aromatic carbocycles. The van der Waals surface area contributed by atoms with Gasteiger partial charge in [-0.25, -0.2) is 4.98 Å². The lowest BCUT2D eigenvalue weighted by Gasteiger charge is -2.11. The van der Waals surface area contributed by atoms with Gasteiger partial charge in [-0.3, -0.25) is 10.1 Å². The third kappa shape index (κ3) is 2.64. The van der Waals surface area contributed by atoms with Crippen LogP contribution in [-0.4, -0.2) is 23.5 Å². The average molecular weight is 236 g/mol. The summed E-state index contributed by atoms with van der Waals surface area (Å²) in [7, 11) is 1.74. The highest BCUT2D eigenvalue weighted by molar-refractivity contribution is 5.60. The second-order valence-electron chi connectivity index (χ2n) is 4.74. The minimum atomic E-state index is -0.413. The van der Waals surface area contributed by atoms with E-state index < -0.39 is 4.92 Å². The molecule has 92 valence electrons. The zero-order chi connectivity index (χ0) is 12.5. The molecule has 2 rings (SSSR count). The van der Waals surface area contributed by atoms with Crippen molar-refractivity contribution in [2.24, 2.45) is 5.41 Å². The minimum absolute atomic E-state index is 0.0215. The van der Waals surface area contributed by atoms with Crippen LogP contribution in [-0.2, 0) is 0 Å². The van der Waals surface area contributed by atoms with E-state index in [1.54, 1.807) is 13.1 Å². The number of nitrogens with zero attached hydrogens (tertiary/aromatic N) is 2. The Morgan fingerprint density at radius 3 is 2.76 bits per heavy atom. The van der Waals surface area contributed by atoms with E-state index in [-0.39, 0.29) is 11.1 Å². The summed E-state index contributed by atoms with van der Waals surface area (Å²) < 4.78 is 0. The molecule has 1 heterocycles. The molecule has 17 heavy (non-hydrogen) atoms. The van der Waals surface area contributed by atoms with Gasteiger partial charge in [0, 0.05) is 19.7 Å². The van der Waals surface area contributed by atoms with Crippen molar-refractivity contribution < 1.29 is 4.92 Å². The molecule has 0 saturated heterocycles. The van der Waals surface area contributed by atoms with Crippen LogP contribution in [0.15, 0.2) is 12.1 Å². The maximum Gasteiger partial charge on any atom is 0.311 e. The number of rotatable bonds is 5. The Balaban J connectivity index is 2.18. The Morgan fingerprint density at radius 1 is 1.53 bits per heavy atom. The van der Waals surface area contributed by atoms with E-state index in [1.165, 1.54) is 18.9 Å².